The Kier molecular flexibility index (Phi) is 6.28. The molecule has 1 heterocycles. The van der Waals surface area contributed by atoms with Crippen molar-refractivity contribution in [2.24, 2.45) is 11.8 Å². The Balaban J connectivity index is 1.23. The predicted molar refractivity (Wildman–Crippen MR) is 110 cm³/mol. The quantitative estimate of drug-likeness (QED) is 0.619. The number of alkyl halides is 2. The molecule has 2 fully saturated rings. The van der Waals surface area contributed by atoms with Crippen molar-refractivity contribution in [1.82, 2.24) is 15.6 Å². The maximum Gasteiger partial charge on any atom is 0.265 e. The van der Waals surface area contributed by atoms with Crippen LogP contribution in [0.15, 0.2) is 36.5 Å². The summed E-state index contributed by atoms with van der Waals surface area (Å²) in [6.45, 7) is -0.122. The maximum atomic E-state index is 13.5. The Hall–Kier alpha value is -2.81. The van der Waals surface area contributed by atoms with Crippen molar-refractivity contribution in [3.8, 4) is 5.75 Å². The number of aromatic nitrogens is 1. The minimum atomic E-state index is -2.58. The Morgan fingerprint density at radius 1 is 1.28 bits per heavy atom. The lowest BCUT2D eigenvalue weighted by Gasteiger charge is -2.62. The number of ether oxygens (including phenoxy) is 1. The molecule has 2 aromatic rings. The van der Waals surface area contributed by atoms with E-state index < -0.39 is 17.8 Å². The van der Waals surface area contributed by atoms with E-state index in [0.29, 0.717) is 12.1 Å². The third kappa shape index (κ3) is 4.53. The standard InChI is InChI=1S/C22H21ClF3N3O3/c23-17-4-3-14(7-18(17)24)32-11-19(30)29-22-6-5-16(22)15(8-22)21(31)28-10-13-2-1-12(9-27-13)20(25)26/h1-4,7,9,15-16,20H,5-6,8,10-11H2,(H,28,31)(H,29,30). The Morgan fingerprint density at radius 3 is 2.69 bits per heavy atom. The number of hydrogen-bond acceptors (Lipinski definition) is 4. The fourth-order valence-electron chi connectivity index (χ4n) is 4.36. The third-order valence-corrected chi connectivity index (χ3v) is 6.52. The summed E-state index contributed by atoms with van der Waals surface area (Å²) in [5, 5.41) is 5.71. The van der Waals surface area contributed by atoms with Gasteiger partial charge in [0.2, 0.25) is 5.91 Å². The van der Waals surface area contributed by atoms with Crippen molar-refractivity contribution in [3.05, 3.63) is 58.6 Å². The molecule has 2 aliphatic rings. The third-order valence-electron chi connectivity index (χ3n) is 6.21. The minimum absolute atomic E-state index is 0.0299. The van der Waals surface area contributed by atoms with E-state index in [4.69, 9.17) is 16.3 Å². The molecule has 2 saturated carbocycles. The van der Waals surface area contributed by atoms with Crippen molar-refractivity contribution < 1.29 is 27.5 Å². The molecule has 0 saturated heterocycles. The Morgan fingerprint density at radius 2 is 2.09 bits per heavy atom. The number of pyridine rings is 1. The highest BCUT2D eigenvalue weighted by molar-refractivity contribution is 6.30. The van der Waals surface area contributed by atoms with Gasteiger partial charge in [0.1, 0.15) is 11.6 Å². The van der Waals surface area contributed by atoms with E-state index in [0.717, 1.165) is 25.1 Å². The molecule has 170 valence electrons. The van der Waals surface area contributed by atoms with E-state index >= 15 is 0 Å². The summed E-state index contributed by atoms with van der Waals surface area (Å²) in [5.41, 5.74) is -0.0875. The molecule has 2 N–H and O–H groups in total. The number of halogens is 4. The summed E-state index contributed by atoms with van der Waals surface area (Å²) in [4.78, 5) is 28.8. The van der Waals surface area contributed by atoms with Crippen LogP contribution in [0.1, 0.15) is 36.9 Å². The van der Waals surface area contributed by atoms with E-state index in [-0.39, 0.29) is 53.1 Å². The van der Waals surface area contributed by atoms with Gasteiger partial charge in [-0.2, -0.15) is 0 Å². The number of benzene rings is 1. The first-order valence-corrected chi connectivity index (χ1v) is 10.5. The van der Waals surface area contributed by atoms with Crippen LogP contribution in [0, 0.1) is 17.7 Å². The zero-order valence-corrected chi connectivity index (χ0v) is 17.7. The van der Waals surface area contributed by atoms with Crippen LogP contribution in [0.4, 0.5) is 13.2 Å². The average molecular weight is 468 g/mol. The second kappa shape index (κ2) is 8.97. The lowest BCUT2D eigenvalue weighted by atomic mass is 9.47. The predicted octanol–water partition coefficient (Wildman–Crippen LogP) is 3.79. The molecule has 1 aromatic carbocycles. The van der Waals surface area contributed by atoms with Gasteiger partial charge < -0.3 is 15.4 Å². The van der Waals surface area contributed by atoms with Gasteiger partial charge in [-0.3, -0.25) is 14.6 Å². The lowest BCUT2D eigenvalue weighted by molar-refractivity contribution is -0.154. The summed E-state index contributed by atoms with van der Waals surface area (Å²) in [6.07, 6.45) is 0.633. The van der Waals surface area contributed by atoms with Gasteiger partial charge in [-0.25, -0.2) is 13.2 Å². The molecule has 6 nitrogen and oxygen atoms in total. The minimum Gasteiger partial charge on any atom is -0.484 e. The first kappa shape index (κ1) is 22.4. The molecule has 2 aliphatic carbocycles. The number of amides is 2. The first-order chi connectivity index (χ1) is 15.3. The molecule has 1 aromatic heterocycles. The first-order valence-electron chi connectivity index (χ1n) is 10.2. The van der Waals surface area contributed by atoms with Crippen LogP contribution in [-0.2, 0) is 16.1 Å². The maximum absolute atomic E-state index is 13.5. The van der Waals surface area contributed by atoms with E-state index in [1.807, 2.05) is 0 Å². The highest BCUT2D eigenvalue weighted by atomic mass is 35.5. The van der Waals surface area contributed by atoms with Crippen molar-refractivity contribution in [1.29, 1.82) is 0 Å². The van der Waals surface area contributed by atoms with Gasteiger partial charge in [-0.05, 0) is 49.4 Å². The van der Waals surface area contributed by atoms with Gasteiger partial charge in [-0.15, -0.1) is 0 Å². The second-order valence-electron chi connectivity index (χ2n) is 8.13. The fourth-order valence-corrected chi connectivity index (χ4v) is 4.48. The van der Waals surface area contributed by atoms with Crippen LogP contribution < -0.4 is 15.4 Å². The number of carbonyl (C=O) groups excluding carboxylic acids is 2. The van der Waals surface area contributed by atoms with Crippen LogP contribution in [-0.4, -0.2) is 28.9 Å². The summed E-state index contributed by atoms with van der Waals surface area (Å²) in [6, 6.07) is 6.68. The van der Waals surface area contributed by atoms with Gasteiger partial charge in [-0.1, -0.05) is 11.6 Å². The zero-order chi connectivity index (χ0) is 22.9. The molecule has 0 bridgehead atoms. The molecule has 3 unspecified atom stereocenters. The SMILES string of the molecule is O=C(COc1ccc(Cl)c(F)c1)NC12CCC1C(C(=O)NCc1ccc(C(F)F)cn1)C2. The van der Waals surface area contributed by atoms with Crippen molar-refractivity contribution in [2.75, 3.05) is 6.61 Å². The highest BCUT2D eigenvalue weighted by Crippen LogP contribution is 2.57. The summed E-state index contributed by atoms with van der Waals surface area (Å²) >= 11 is 5.62. The van der Waals surface area contributed by atoms with Gasteiger partial charge in [0.05, 0.1) is 17.3 Å². The highest BCUT2D eigenvalue weighted by Gasteiger charge is 2.62. The van der Waals surface area contributed by atoms with Crippen molar-refractivity contribution >= 4 is 23.4 Å². The normalized spacial score (nSPS) is 23.5. The van der Waals surface area contributed by atoms with Crippen molar-refractivity contribution in [3.63, 3.8) is 0 Å². The topological polar surface area (TPSA) is 80.3 Å². The van der Waals surface area contributed by atoms with Crippen LogP contribution in [0.5, 0.6) is 5.75 Å². The van der Waals surface area contributed by atoms with E-state index in [2.05, 4.69) is 15.6 Å². The molecule has 32 heavy (non-hydrogen) atoms. The number of nitrogens with zero attached hydrogens (tertiary/aromatic N) is 1. The fraction of sp³-hybridized carbons (Fsp3) is 0.409. The molecule has 4 rings (SSSR count). The number of nitrogens with one attached hydrogen (secondary N) is 2. The van der Waals surface area contributed by atoms with Gasteiger partial charge in [0.25, 0.3) is 12.3 Å². The molecular formula is C22H21ClF3N3O3. The summed E-state index contributed by atoms with van der Waals surface area (Å²) in [7, 11) is 0. The van der Waals surface area contributed by atoms with Crippen LogP contribution in [0.25, 0.3) is 0 Å². The van der Waals surface area contributed by atoms with Crippen LogP contribution >= 0.6 is 11.6 Å². The Labute approximate surface area is 187 Å². The largest absolute Gasteiger partial charge is 0.484 e. The molecule has 0 aliphatic heterocycles. The Bertz CT molecular complexity index is 1020. The zero-order valence-electron chi connectivity index (χ0n) is 16.9. The number of fused-ring (bicyclic) bond motifs is 1. The van der Waals surface area contributed by atoms with Gasteiger partial charge in [0, 0.05) is 29.3 Å². The molecule has 0 spiro atoms. The monoisotopic (exact) mass is 467 g/mol. The lowest BCUT2D eigenvalue weighted by Crippen LogP contribution is -2.72. The number of rotatable bonds is 8. The van der Waals surface area contributed by atoms with Gasteiger partial charge >= 0.3 is 0 Å². The van der Waals surface area contributed by atoms with Crippen LogP contribution in [0.3, 0.4) is 0 Å². The molecule has 0 radical (unpaired) electrons. The molecular weight excluding hydrogens is 447 g/mol. The van der Waals surface area contributed by atoms with Gasteiger partial charge in [0.15, 0.2) is 6.61 Å². The number of carbonyl (C=O) groups is 2. The molecule has 3 atom stereocenters. The van der Waals surface area contributed by atoms with Crippen molar-refractivity contribution in [2.45, 2.75) is 37.8 Å². The molecule has 2 amide bonds. The van der Waals surface area contributed by atoms with Crippen LogP contribution in [0.2, 0.25) is 5.02 Å². The van der Waals surface area contributed by atoms with E-state index in [1.54, 1.807) is 0 Å². The smallest absolute Gasteiger partial charge is 0.265 e. The summed E-state index contributed by atoms with van der Waals surface area (Å²) < 4.78 is 43.9. The van der Waals surface area contributed by atoms with E-state index in [1.165, 1.54) is 24.3 Å². The van der Waals surface area contributed by atoms with E-state index in [9.17, 15) is 22.8 Å². The summed E-state index contributed by atoms with van der Waals surface area (Å²) in [5.74, 6) is -1.11. The second-order valence-corrected chi connectivity index (χ2v) is 8.53. The molecule has 10 heteroatoms. The average Bonchev–Trinajstić information content (AvgIpc) is 2.76. The number of hydrogen-bond donors (Lipinski definition) is 2.